The third-order valence-corrected chi connectivity index (χ3v) is 5.08. The summed E-state index contributed by atoms with van der Waals surface area (Å²) in [6.45, 7) is 2.73. The molecule has 0 saturated carbocycles. The molecule has 1 aliphatic rings. The average molecular weight is 272 g/mol. The van der Waals surface area contributed by atoms with Crippen LogP contribution in [0.2, 0.25) is 0 Å². The molecule has 0 aliphatic heterocycles. The van der Waals surface area contributed by atoms with Crippen LogP contribution in [0.5, 0.6) is 0 Å². The zero-order valence-corrected chi connectivity index (χ0v) is 12.2. The molecule has 0 amide bonds. The van der Waals surface area contributed by atoms with Crippen molar-refractivity contribution in [3.8, 4) is 11.3 Å². The lowest BCUT2D eigenvalue weighted by molar-refractivity contribution is 0.686. The zero-order valence-electron chi connectivity index (χ0n) is 11.4. The van der Waals surface area contributed by atoms with Crippen molar-refractivity contribution in [2.45, 2.75) is 45.6 Å². The molecule has 2 nitrogen and oxygen atoms in total. The molecule has 1 aromatic carbocycles. The molecule has 1 heterocycles. The number of nitrogens with two attached hydrogens (primary N) is 1. The summed E-state index contributed by atoms with van der Waals surface area (Å²) in [5.41, 5.74) is 11.2. The van der Waals surface area contributed by atoms with E-state index in [1.165, 1.54) is 47.3 Å². The fraction of sp³-hybridized carbons (Fsp3) is 0.438. The van der Waals surface area contributed by atoms with E-state index in [9.17, 15) is 0 Å². The van der Waals surface area contributed by atoms with E-state index in [2.05, 4.69) is 25.1 Å². The summed E-state index contributed by atoms with van der Waals surface area (Å²) in [5.74, 6) is 0. The second-order valence-corrected chi connectivity index (χ2v) is 6.30. The summed E-state index contributed by atoms with van der Waals surface area (Å²) in [5, 5.41) is 1.05. The van der Waals surface area contributed by atoms with Crippen LogP contribution in [0.4, 0.5) is 0 Å². The van der Waals surface area contributed by atoms with Crippen molar-refractivity contribution in [3.63, 3.8) is 0 Å². The van der Waals surface area contributed by atoms with Gasteiger partial charge in [-0.1, -0.05) is 19.1 Å². The Kier molecular flexibility index (Phi) is 3.67. The molecular weight excluding hydrogens is 252 g/mol. The fourth-order valence-corrected chi connectivity index (χ4v) is 3.74. The molecule has 1 aliphatic carbocycles. The second kappa shape index (κ2) is 5.43. The maximum atomic E-state index is 5.72. The molecular formula is C16H20N2S. The number of hydrogen-bond acceptors (Lipinski definition) is 3. The Balaban J connectivity index is 2.04. The molecule has 1 aromatic heterocycles. The van der Waals surface area contributed by atoms with E-state index in [1.807, 2.05) is 0 Å². The zero-order chi connectivity index (χ0) is 13.2. The number of aryl methyl sites for hydroxylation is 3. The summed E-state index contributed by atoms with van der Waals surface area (Å²) < 4.78 is 0. The van der Waals surface area contributed by atoms with Crippen LogP contribution < -0.4 is 5.73 Å². The van der Waals surface area contributed by atoms with E-state index in [-0.39, 0.29) is 0 Å². The molecule has 0 saturated heterocycles. The van der Waals surface area contributed by atoms with Crippen molar-refractivity contribution in [3.05, 3.63) is 39.2 Å². The van der Waals surface area contributed by atoms with Gasteiger partial charge in [-0.15, -0.1) is 11.3 Å². The van der Waals surface area contributed by atoms with Gasteiger partial charge in [0.25, 0.3) is 0 Å². The van der Waals surface area contributed by atoms with Crippen molar-refractivity contribution in [1.29, 1.82) is 0 Å². The van der Waals surface area contributed by atoms with Gasteiger partial charge in [-0.3, -0.25) is 0 Å². The monoisotopic (exact) mass is 272 g/mol. The molecule has 19 heavy (non-hydrogen) atoms. The van der Waals surface area contributed by atoms with E-state index in [0.717, 1.165) is 17.1 Å². The largest absolute Gasteiger partial charge is 0.325 e. The highest BCUT2D eigenvalue weighted by atomic mass is 32.1. The normalized spacial score (nSPS) is 14.4. The number of aromatic nitrogens is 1. The third-order valence-electron chi connectivity index (χ3n) is 3.86. The summed E-state index contributed by atoms with van der Waals surface area (Å²) in [6, 6.07) is 6.88. The van der Waals surface area contributed by atoms with Crippen LogP contribution in [0.15, 0.2) is 18.2 Å². The van der Waals surface area contributed by atoms with Crippen LogP contribution >= 0.6 is 11.3 Å². The number of benzene rings is 1. The Hall–Kier alpha value is -1.19. The lowest BCUT2D eigenvalue weighted by atomic mass is 9.90. The smallest absolute Gasteiger partial charge is 0.107 e. The molecule has 3 rings (SSSR count). The van der Waals surface area contributed by atoms with Gasteiger partial charge in [0.05, 0.1) is 5.69 Å². The lowest BCUT2D eigenvalue weighted by Gasteiger charge is -2.16. The molecule has 0 radical (unpaired) electrons. The molecule has 0 atom stereocenters. The number of rotatable bonds is 3. The Labute approximate surface area is 118 Å². The third kappa shape index (κ3) is 2.45. The van der Waals surface area contributed by atoms with Gasteiger partial charge in [-0.2, -0.15) is 0 Å². The summed E-state index contributed by atoms with van der Waals surface area (Å²) in [4.78, 5) is 6.07. The van der Waals surface area contributed by atoms with E-state index >= 15 is 0 Å². The molecule has 2 aromatic rings. The van der Waals surface area contributed by atoms with Crippen LogP contribution in [0.3, 0.4) is 0 Å². The predicted octanol–water partition coefficient (Wildman–Crippen LogP) is 3.71. The van der Waals surface area contributed by atoms with Crippen molar-refractivity contribution in [2.75, 3.05) is 0 Å². The fourth-order valence-electron chi connectivity index (χ4n) is 2.83. The lowest BCUT2D eigenvalue weighted by Crippen LogP contribution is -2.02. The van der Waals surface area contributed by atoms with E-state index in [4.69, 9.17) is 10.7 Å². The molecule has 0 unspecified atom stereocenters. The van der Waals surface area contributed by atoms with Crippen LogP contribution in [-0.2, 0) is 25.8 Å². The highest BCUT2D eigenvalue weighted by Crippen LogP contribution is 2.32. The predicted molar refractivity (Wildman–Crippen MR) is 81.5 cm³/mol. The summed E-state index contributed by atoms with van der Waals surface area (Å²) >= 11 is 1.76. The first kappa shape index (κ1) is 12.8. The maximum absolute atomic E-state index is 5.72. The Morgan fingerprint density at radius 2 is 2.00 bits per heavy atom. The van der Waals surface area contributed by atoms with Gasteiger partial charge in [0, 0.05) is 17.0 Å². The van der Waals surface area contributed by atoms with Crippen LogP contribution in [0.25, 0.3) is 11.3 Å². The van der Waals surface area contributed by atoms with Crippen molar-refractivity contribution >= 4 is 11.3 Å². The Bertz CT molecular complexity index is 586. The maximum Gasteiger partial charge on any atom is 0.107 e. The standard InChI is InChI=1S/C16H20N2S/c1-2-14-16(18-15(10-17)19-14)13-8-7-11-5-3-4-6-12(11)9-13/h7-9H,2-6,10,17H2,1H3. The van der Waals surface area contributed by atoms with Gasteiger partial charge in [-0.25, -0.2) is 4.98 Å². The van der Waals surface area contributed by atoms with Gasteiger partial charge in [0.1, 0.15) is 5.01 Å². The van der Waals surface area contributed by atoms with Crippen LogP contribution in [0.1, 0.15) is 40.8 Å². The molecule has 100 valence electrons. The first-order chi connectivity index (χ1) is 9.31. The van der Waals surface area contributed by atoms with Gasteiger partial charge < -0.3 is 5.73 Å². The molecule has 0 spiro atoms. The molecule has 0 fully saturated rings. The van der Waals surface area contributed by atoms with Gasteiger partial charge >= 0.3 is 0 Å². The van der Waals surface area contributed by atoms with Crippen LogP contribution in [0, 0.1) is 0 Å². The summed E-state index contributed by atoms with van der Waals surface area (Å²) in [7, 11) is 0. The van der Waals surface area contributed by atoms with Crippen LogP contribution in [-0.4, -0.2) is 4.98 Å². The van der Waals surface area contributed by atoms with Crippen molar-refractivity contribution in [1.82, 2.24) is 4.98 Å². The van der Waals surface area contributed by atoms with Crippen molar-refractivity contribution in [2.24, 2.45) is 5.73 Å². The highest BCUT2D eigenvalue weighted by Gasteiger charge is 2.14. The van der Waals surface area contributed by atoms with Crippen molar-refractivity contribution < 1.29 is 0 Å². The van der Waals surface area contributed by atoms with E-state index in [0.29, 0.717) is 6.54 Å². The first-order valence-corrected chi connectivity index (χ1v) is 7.94. The Morgan fingerprint density at radius 1 is 1.21 bits per heavy atom. The number of nitrogens with zero attached hydrogens (tertiary/aromatic N) is 1. The highest BCUT2D eigenvalue weighted by molar-refractivity contribution is 7.12. The molecule has 3 heteroatoms. The SMILES string of the molecule is CCc1sc(CN)nc1-c1ccc2c(c1)CCCC2. The average Bonchev–Trinajstić information content (AvgIpc) is 2.90. The molecule has 2 N–H and O–H groups in total. The quantitative estimate of drug-likeness (QED) is 0.925. The number of hydrogen-bond donors (Lipinski definition) is 1. The molecule has 0 bridgehead atoms. The van der Waals surface area contributed by atoms with E-state index < -0.39 is 0 Å². The number of fused-ring (bicyclic) bond motifs is 1. The minimum atomic E-state index is 0.544. The van der Waals surface area contributed by atoms with Gasteiger partial charge in [0.15, 0.2) is 0 Å². The topological polar surface area (TPSA) is 38.9 Å². The minimum absolute atomic E-state index is 0.544. The minimum Gasteiger partial charge on any atom is -0.325 e. The van der Waals surface area contributed by atoms with Gasteiger partial charge in [0.2, 0.25) is 0 Å². The number of thiazole rings is 1. The second-order valence-electron chi connectivity index (χ2n) is 5.13. The summed E-state index contributed by atoms with van der Waals surface area (Å²) in [6.07, 6.45) is 6.15. The van der Waals surface area contributed by atoms with Gasteiger partial charge in [-0.05, 0) is 49.3 Å². The van der Waals surface area contributed by atoms with E-state index in [1.54, 1.807) is 11.3 Å². The first-order valence-electron chi connectivity index (χ1n) is 7.12. The Morgan fingerprint density at radius 3 is 2.74 bits per heavy atom.